The van der Waals surface area contributed by atoms with Gasteiger partial charge in [0.1, 0.15) is 17.3 Å². The van der Waals surface area contributed by atoms with Gasteiger partial charge in [-0.15, -0.1) is 0 Å². The lowest BCUT2D eigenvalue weighted by atomic mass is 10.0. The molecule has 0 heterocycles. The number of rotatable bonds is 5. The van der Waals surface area contributed by atoms with Crippen LogP contribution in [0.15, 0.2) is 24.3 Å². The van der Waals surface area contributed by atoms with Crippen LogP contribution in [-0.2, 0) is 4.79 Å². The Hall–Kier alpha value is -1.62. The second-order valence-corrected chi connectivity index (χ2v) is 6.19. The molecule has 5 heteroatoms. The lowest BCUT2D eigenvalue weighted by molar-refractivity contribution is -0.120. The summed E-state index contributed by atoms with van der Waals surface area (Å²) in [6.07, 6.45) is 3.39. The molecule has 3 rings (SSSR count). The number of benzene rings is 1. The molecular weight excluding hydrogens is 272 g/mol. The van der Waals surface area contributed by atoms with Gasteiger partial charge in [-0.3, -0.25) is 4.79 Å². The largest absolute Gasteiger partial charge is 0.484 e. The quantitative estimate of drug-likeness (QED) is 0.817. The van der Waals surface area contributed by atoms with E-state index in [-0.39, 0.29) is 18.4 Å². The maximum absolute atomic E-state index is 12.3. The van der Waals surface area contributed by atoms with E-state index in [1.165, 1.54) is 6.42 Å². The number of fused-ring (bicyclic) bond motifs is 1. The Morgan fingerprint density at radius 1 is 1.30 bits per heavy atom. The highest BCUT2D eigenvalue weighted by atomic mass is 32.1. The van der Waals surface area contributed by atoms with Crippen molar-refractivity contribution in [2.24, 2.45) is 23.5 Å². The number of carbonyl (C=O) groups is 1. The van der Waals surface area contributed by atoms with Crippen LogP contribution in [0.5, 0.6) is 5.75 Å². The smallest absolute Gasteiger partial charge is 0.227 e. The SMILES string of the molecule is NC(=S)COc1ccccc1NC(=O)C1CC2CC2C1. The summed E-state index contributed by atoms with van der Waals surface area (Å²) < 4.78 is 5.51. The van der Waals surface area contributed by atoms with Crippen LogP contribution in [0.4, 0.5) is 5.69 Å². The number of anilines is 1. The lowest BCUT2D eigenvalue weighted by Crippen LogP contribution is -2.23. The van der Waals surface area contributed by atoms with Gasteiger partial charge in [0.05, 0.1) is 5.69 Å². The minimum absolute atomic E-state index is 0.101. The summed E-state index contributed by atoms with van der Waals surface area (Å²) in [6, 6.07) is 7.37. The van der Waals surface area contributed by atoms with E-state index in [4.69, 9.17) is 22.7 Å². The molecule has 4 nitrogen and oxygen atoms in total. The summed E-state index contributed by atoms with van der Waals surface area (Å²) in [5, 5.41) is 2.97. The minimum atomic E-state index is 0.101. The molecule has 2 aliphatic carbocycles. The Balaban J connectivity index is 1.63. The lowest BCUT2D eigenvalue weighted by Gasteiger charge is -2.15. The third kappa shape index (κ3) is 2.93. The number of hydrogen-bond donors (Lipinski definition) is 2. The predicted octanol–water partition coefficient (Wildman–Crippen LogP) is 2.34. The highest BCUT2D eigenvalue weighted by molar-refractivity contribution is 7.80. The summed E-state index contributed by atoms with van der Waals surface area (Å²) in [7, 11) is 0. The first-order valence-corrected chi connectivity index (χ1v) is 7.35. The molecule has 2 aliphatic rings. The van der Waals surface area contributed by atoms with Crippen molar-refractivity contribution in [2.75, 3.05) is 11.9 Å². The molecule has 2 fully saturated rings. The van der Waals surface area contributed by atoms with E-state index in [1.807, 2.05) is 18.2 Å². The fourth-order valence-corrected chi connectivity index (χ4v) is 3.07. The molecular formula is C15H18N2O2S. The Morgan fingerprint density at radius 3 is 2.70 bits per heavy atom. The number of ether oxygens (including phenoxy) is 1. The topological polar surface area (TPSA) is 64.3 Å². The van der Waals surface area contributed by atoms with E-state index < -0.39 is 0 Å². The minimum Gasteiger partial charge on any atom is -0.484 e. The fourth-order valence-electron chi connectivity index (χ4n) is 3.01. The molecule has 0 saturated heterocycles. The Kier molecular flexibility index (Phi) is 3.61. The van der Waals surface area contributed by atoms with Crippen LogP contribution in [0.2, 0.25) is 0 Å². The van der Waals surface area contributed by atoms with Crippen molar-refractivity contribution in [3.63, 3.8) is 0 Å². The van der Waals surface area contributed by atoms with Gasteiger partial charge in [-0.25, -0.2) is 0 Å². The average Bonchev–Trinajstić information content (AvgIpc) is 3.04. The summed E-state index contributed by atoms with van der Waals surface area (Å²) in [6.45, 7) is 0.176. The van der Waals surface area contributed by atoms with E-state index in [0.29, 0.717) is 16.4 Å². The molecule has 0 bridgehead atoms. The summed E-state index contributed by atoms with van der Waals surface area (Å²) in [5.74, 6) is 2.46. The van der Waals surface area contributed by atoms with Crippen LogP contribution in [0.25, 0.3) is 0 Å². The van der Waals surface area contributed by atoms with E-state index >= 15 is 0 Å². The molecule has 1 amide bonds. The van der Waals surface area contributed by atoms with Gasteiger partial charge >= 0.3 is 0 Å². The zero-order valence-electron chi connectivity index (χ0n) is 11.2. The Labute approximate surface area is 123 Å². The van der Waals surface area contributed by atoms with Crippen molar-refractivity contribution in [1.82, 2.24) is 0 Å². The zero-order valence-corrected chi connectivity index (χ0v) is 12.0. The third-order valence-corrected chi connectivity index (χ3v) is 4.25. The van der Waals surface area contributed by atoms with Crippen molar-refractivity contribution in [3.8, 4) is 5.75 Å². The van der Waals surface area contributed by atoms with Gasteiger partial charge in [-0.2, -0.15) is 0 Å². The van der Waals surface area contributed by atoms with Crippen LogP contribution in [0, 0.1) is 17.8 Å². The molecule has 1 aromatic carbocycles. The molecule has 2 saturated carbocycles. The van der Waals surface area contributed by atoms with Gasteiger partial charge in [-0.05, 0) is 43.2 Å². The summed E-state index contributed by atoms with van der Waals surface area (Å²) in [5.41, 5.74) is 6.12. The van der Waals surface area contributed by atoms with E-state index in [1.54, 1.807) is 6.07 Å². The van der Waals surface area contributed by atoms with Crippen LogP contribution in [0.3, 0.4) is 0 Å². The zero-order chi connectivity index (χ0) is 14.1. The maximum Gasteiger partial charge on any atom is 0.227 e. The van der Waals surface area contributed by atoms with Crippen molar-refractivity contribution < 1.29 is 9.53 Å². The van der Waals surface area contributed by atoms with Crippen molar-refractivity contribution >= 4 is 28.8 Å². The summed E-state index contributed by atoms with van der Waals surface area (Å²) >= 11 is 4.80. The van der Waals surface area contributed by atoms with Gasteiger partial charge in [-0.1, -0.05) is 24.4 Å². The van der Waals surface area contributed by atoms with Gasteiger partial charge in [0.2, 0.25) is 5.91 Å². The van der Waals surface area contributed by atoms with E-state index in [2.05, 4.69) is 5.32 Å². The second kappa shape index (κ2) is 5.40. The highest BCUT2D eigenvalue weighted by Crippen LogP contribution is 2.54. The number of hydrogen-bond acceptors (Lipinski definition) is 3. The first-order chi connectivity index (χ1) is 9.63. The summed E-state index contributed by atoms with van der Waals surface area (Å²) in [4.78, 5) is 12.5. The number of amides is 1. The average molecular weight is 290 g/mol. The first-order valence-electron chi connectivity index (χ1n) is 6.94. The molecule has 3 N–H and O–H groups in total. The van der Waals surface area contributed by atoms with Gasteiger partial charge in [0.15, 0.2) is 0 Å². The van der Waals surface area contributed by atoms with Gasteiger partial charge < -0.3 is 15.8 Å². The van der Waals surface area contributed by atoms with Crippen LogP contribution in [0.1, 0.15) is 19.3 Å². The van der Waals surface area contributed by atoms with Crippen LogP contribution < -0.4 is 15.8 Å². The molecule has 20 heavy (non-hydrogen) atoms. The first kappa shape index (κ1) is 13.4. The standard InChI is InChI=1S/C15H18N2O2S/c16-14(20)8-19-13-4-2-1-3-12(13)17-15(18)11-6-9-5-10(9)7-11/h1-4,9-11H,5-8H2,(H2,16,20)(H,17,18). The Morgan fingerprint density at radius 2 is 2.00 bits per heavy atom. The number of nitrogens with one attached hydrogen (secondary N) is 1. The number of carbonyl (C=O) groups excluding carboxylic acids is 1. The second-order valence-electron chi connectivity index (χ2n) is 5.66. The fraction of sp³-hybridized carbons (Fsp3) is 0.467. The van der Waals surface area contributed by atoms with E-state index in [9.17, 15) is 4.79 Å². The van der Waals surface area contributed by atoms with Crippen LogP contribution in [-0.4, -0.2) is 17.5 Å². The number of thiocarbonyl (C=S) groups is 1. The molecule has 2 unspecified atom stereocenters. The number of nitrogens with two attached hydrogens (primary N) is 1. The molecule has 106 valence electrons. The molecule has 0 radical (unpaired) electrons. The van der Waals surface area contributed by atoms with E-state index in [0.717, 1.165) is 24.7 Å². The normalized spacial score (nSPS) is 26.7. The predicted molar refractivity (Wildman–Crippen MR) is 81.7 cm³/mol. The molecule has 0 aromatic heterocycles. The molecule has 0 aliphatic heterocycles. The molecule has 2 atom stereocenters. The van der Waals surface area contributed by atoms with Crippen molar-refractivity contribution in [3.05, 3.63) is 24.3 Å². The Bertz CT molecular complexity index is 536. The maximum atomic E-state index is 12.3. The van der Waals surface area contributed by atoms with Gasteiger partial charge in [0.25, 0.3) is 0 Å². The van der Waals surface area contributed by atoms with Gasteiger partial charge in [0, 0.05) is 5.92 Å². The van der Waals surface area contributed by atoms with Crippen LogP contribution >= 0.6 is 12.2 Å². The highest BCUT2D eigenvalue weighted by Gasteiger charge is 2.48. The third-order valence-electron chi connectivity index (χ3n) is 4.13. The monoisotopic (exact) mass is 290 g/mol. The number of para-hydroxylation sites is 2. The van der Waals surface area contributed by atoms with Crippen molar-refractivity contribution in [2.45, 2.75) is 19.3 Å². The van der Waals surface area contributed by atoms with Crippen molar-refractivity contribution in [1.29, 1.82) is 0 Å². The molecule has 0 spiro atoms. The molecule has 1 aromatic rings.